The van der Waals surface area contributed by atoms with Crippen LogP contribution in [0, 0.1) is 5.82 Å². The quantitative estimate of drug-likeness (QED) is 0.894. The number of nitrogens with one attached hydrogen (secondary N) is 2. The van der Waals surface area contributed by atoms with Crippen molar-refractivity contribution < 1.29 is 14.1 Å². The smallest absolute Gasteiger partial charge is 0.279 e. The molecule has 1 aliphatic rings. The van der Waals surface area contributed by atoms with Crippen LogP contribution >= 0.6 is 11.3 Å². The Morgan fingerprint density at radius 1 is 1.43 bits per heavy atom. The van der Waals surface area contributed by atoms with Gasteiger partial charge in [-0.2, -0.15) is 0 Å². The zero-order chi connectivity index (χ0) is 14.8. The van der Waals surface area contributed by atoms with E-state index in [0.29, 0.717) is 12.6 Å². The Kier molecular flexibility index (Phi) is 4.03. The molecule has 3 nitrogen and oxygen atoms in total. The summed E-state index contributed by atoms with van der Waals surface area (Å²) < 4.78 is 13.5. The van der Waals surface area contributed by atoms with Gasteiger partial charge in [0, 0.05) is 16.9 Å². The van der Waals surface area contributed by atoms with Gasteiger partial charge in [-0.05, 0) is 30.5 Å². The number of halogens is 1. The predicted molar refractivity (Wildman–Crippen MR) is 82.2 cm³/mol. The average molecular weight is 305 g/mol. The zero-order valence-electron chi connectivity index (χ0n) is 11.9. The van der Waals surface area contributed by atoms with Crippen LogP contribution in [0.2, 0.25) is 0 Å². The minimum atomic E-state index is -0.396. The van der Waals surface area contributed by atoms with E-state index in [2.05, 4.69) is 23.7 Å². The van der Waals surface area contributed by atoms with E-state index >= 15 is 0 Å². The number of carbonyl (C=O) groups is 1. The lowest BCUT2D eigenvalue weighted by atomic mass is 10.0. The van der Waals surface area contributed by atoms with Crippen LogP contribution in [0.15, 0.2) is 35.7 Å². The summed E-state index contributed by atoms with van der Waals surface area (Å²) in [5.74, 6) is -0.534. The number of carbonyl (C=O) groups excluding carboxylic acids is 1. The molecule has 2 atom stereocenters. The molecule has 3 rings (SSSR count). The number of rotatable bonds is 3. The fourth-order valence-electron chi connectivity index (χ4n) is 2.85. The van der Waals surface area contributed by atoms with Gasteiger partial charge in [0.1, 0.15) is 11.9 Å². The number of benzene rings is 1. The number of hydrogen-bond acceptors (Lipinski definition) is 2. The van der Waals surface area contributed by atoms with Crippen LogP contribution < -0.4 is 10.2 Å². The average Bonchev–Trinajstić information content (AvgIpc) is 2.94. The van der Waals surface area contributed by atoms with Crippen LogP contribution in [0.25, 0.3) is 0 Å². The number of hydrogen-bond donors (Lipinski definition) is 2. The Bertz CT molecular complexity index is 655. The molecule has 1 amide bonds. The number of para-hydroxylation sites is 1. The summed E-state index contributed by atoms with van der Waals surface area (Å²) >= 11 is 1.79. The highest BCUT2D eigenvalue weighted by atomic mass is 32.1. The number of amides is 1. The molecular formula is C16H18FN2OS+. The molecule has 1 unspecified atom stereocenters. The first kappa shape index (κ1) is 14.2. The summed E-state index contributed by atoms with van der Waals surface area (Å²) in [6.45, 7) is 3.46. The highest BCUT2D eigenvalue weighted by Crippen LogP contribution is 2.24. The first-order chi connectivity index (χ1) is 10.1. The Balaban J connectivity index is 1.65. The lowest BCUT2D eigenvalue weighted by molar-refractivity contribution is -0.923. The molecule has 0 fully saturated rings. The van der Waals surface area contributed by atoms with E-state index in [9.17, 15) is 9.18 Å². The summed E-state index contributed by atoms with van der Waals surface area (Å²) in [7, 11) is 0. The van der Waals surface area contributed by atoms with Gasteiger partial charge < -0.3 is 10.2 Å². The number of quaternary nitrogens is 1. The van der Waals surface area contributed by atoms with Crippen molar-refractivity contribution in [2.75, 3.05) is 18.4 Å². The molecule has 0 aliphatic carbocycles. The van der Waals surface area contributed by atoms with E-state index in [4.69, 9.17) is 0 Å². The van der Waals surface area contributed by atoms with Crippen molar-refractivity contribution in [1.82, 2.24) is 0 Å². The SMILES string of the molecule is C[C@@H]1c2ccsc2CC[NH+]1CC(=O)Nc1ccccc1F. The van der Waals surface area contributed by atoms with Crippen molar-refractivity contribution in [3.63, 3.8) is 0 Å². The third-order valence-corrected chi connectivity index (χ3v) is 5.06. The van der Waals surface area contributed by atoms with Gasteiger partial charge in [0.2, 0.25) is 0 Å². The zero-order valence-corrected chi connectivity index (χ0v) is 12.7. The third kappa shape index (κ3) is 2.99. The van der Waals surface area contributed by atoms with Crippen molar-refractivity contribution in [2.45, 2.75) is 19.4 Å². The molecule has 2 heterocycles. The Hall–Kier alpha value is -1.72. The molecule has 1 aliphatic heterocycles. The van der Waals surface area contributed by atoms with Gasteiger partial charge in [-0.15, -0.1) is 11.3 Å². The molecule has 2 aromatic rings. The van der Waals surface area contributed by atoms with Crippen molar-refractivity contribution in [1.29, 1.82) is 0 Å². The molecule has 2 N–H and O–H groups in total. The summed E-state index contributed by atoms with van der Waals surface area (Å²) in [5, 5.41) is 4.78. The second kappa shape index (κ2) is 5.95. The number of thiophene rings is 1. The van der Waals surface area contributed by atoms with Crippen LogP contribution in [0.3, 0.4) is 0 Å². The molecule has 0 saturated carbocycles. The topological polar surface area (TPSA) is 33.5 Å². The highest BCUT2D eigenvalue weighted by molar-refractivity contribution is 7.10. The molecular weight excluding hydrogens is 287 g/mol. The Labute approximate surface area is 127 Å². The lowest BCUT2D eigenvalue weighted by Gasteiger charge is -2.29. The van der Waals surface area contributed by atoms with Gasteiger partial charge in [-0.3, -0.25) is 4.79 Å². The maximum Gasteiger partial charge on any atom is 0.279 e. The summed E-state index contributed by atoms with van der Waals surface area (Å²) in [4.78, 5) is 14.8. The summed E-state index contributed by atoms with van der Waals surface area (Å²) in [6, 6.07) is 8.72. The molecule has 0 saturated heterocycles. The van der Waals surface area contributed by atoms with Gasteiger partial charge in [0.25, 0.3) is 5.91 Å². The second-order valence-corrected chi connectivity index (χ2v) is 6.38. The van der Waals surface area contributed by atoms with Gasteiger partial charge in [-0.1, -0.05) is 12.1 Å². The maximum atomic E-state index is 13.5. The standard InChI is InChI=1S/C16H17FN2OS/c1-11-12-7-9-21-15(12)6-8-19(11)10-16(20)18-14-5-3-2-4-13(14)17/h2-5,7,9,11H,6,8,10H2,1H3,(H,18,20)/p+1/t11-/m1/s1. The summed E-state index contributed by atoms with van der Waals surface area (Å²) in [6.07, 6.45) is 1.01. The van der Waals surface area contributed by atoms with E-state index in [1.807, 2.05) is 0 Å². The molecule has 1 aromatic heterocycles. The second-order valence-electron chi connectivity index (χ2n) is 5.38. The predicted octanol–water partition coefficient (Wildman–Crippen LogP) is 2.03. The number of fused-ring (bicyclic) bond motifs is 1. The largest absolute Gasteiger partial charge is 0.321 e. The molecule has 0 bridgehead atoms. The molecule has 110 valence electrons. The normalized spacial score (nSPS) is 20.9. The lowest BCUT2D eigenvalue weighted by Crippen LogP contribution is -3.14. The van der Waals surface area contributed by atoms with Crippen LogP contribution in [0.5, 0.6) is 0 Å². The molecule has 5 heteroatoms. The monoisotopic (exact) mass is 305 g/mol. The minimum Gasteiger partial charge on any atom is -0.321 e. The van der Waals surface area contributed by atoms with E-state index < -0.39 is 5.82 Å². The third-order valence-electron chi connectivity index (χ3n) is 4.07. The van der Waals surface area contributed by atoms with E-state index in [0.717, 1.165) is 13.0 Å². The summed E-state index contributed by atoms with van der Waals surface area (Å²) in [5.41, 5.74) is 1.60. The molecule has 21 heavy (non-hydrogen) atoms. The Morgan fingerprint density at radius 3 is 3.05 bits per heavy atom. The van der Waals surface area contributed by atoms with Gasteiger partial charge in [0.15, 0.2) is 6.54 Å². The van der Waals surface area contributed by atoms with Crippen molar-refractivity contribution in [2.24, 2.45) is 0 Å². The Morgan fingerprint density at radius 2 is 2.24 bits per heavy atom. The van der Waals surface area contributed by atoms with Gasteiger partial charge in [-0.25, -0.2) is 4.39 Å². The molecule has 0 spiro atoms. The minimum absolute atomic E-state index is 0.138. The number of anilines is 1. The van der Waals surface area contributed by atoms with Crippen molar-refractivity contribution in [3.05, 3.63) is 52.0 Å². The first-order valence-electron chi connectivity index (χ1n) is 7.10. The van der Waals surface area contributed by atoms with E-state index in [1.165, 1.54) is 21.4 Å². The fraction of sp³-hybridized carbons (Fsp3) is 0.312. The van der Waals surface area contributed by atoms with Crippen molar-refractivity contribution in [3.8, 4) is 0 Å². The van der Waals surface area contributed by atoms with Crippen LogP contribution in [0.1, 0.15) is 23.4 Å². The van der Waals surface area contributed by atoms with E-state index in [-0.39, 0.29) is 11.6 Å². The van der Waals surface area contributed by atoms with Crippen LogP contribution in [-0.2, 0) is 11.2 Å². The maximum absolute atomic E-state index is 13.5. The highest BCUT2D eigenvalue weighted by Gasteiger charge is 2.29. The van der Waals surface area contributed by atoms with Crippen LogP contribution in [0.4, 0.5) is 10.1 Å². The molecule has 0 radical (unpaired) electrons. The molecule has 1 aromatic carbocycles. The first-order valence-corrected chi connectivity index (χ1v) is 7.98. The van der Waals surface area contributed by atoms with Gasteiger partial charge in [0.05, 0.1) is 12.2 Å². The van der Waals surface area contributed by atoms with Crippen LogP contribution in [-0.4, -0.2) is 19.0 Å². The van der Waals surface area contributed by atoms with Gasteiger partial charge >= 0.3 is 0 Å². The fourth-order valence-corrected chi connectivity index (χ4v) is 3.83. The van der Waals surface area contributed by atoms with Crippen molar-refractivity contribution >= 4 is 22.9 Å². The van der Waals surface area contributed by atoms with E-state index in [1.54, 1.807) is 29.5 Å².